The fourth-order valence-electron chi connectivity index (χ4n) is 4.03. The monoisotopic (exact) mass is 720 g/mol. The van der Waals surface area contributed by atoms with Crippen molar-refractivity contribution < 1.29 is 50.0 Å². The molecule has 6 rings (SSSR count). The number of hydrogen-bond acceptors (Lipinski definition) is 2. The Morgan fingerprint density at radius 3 is 0.891 bits per heavy atom. The minimum atomic E-state index is -5.08. The number of halogens is 3. The minimum absolute atomic E-state index is 0.102. The Morgan fingerprint density at radius 1 is 0.522 bits per heavy atom. The van der Waals surface area contributed by atoms with Gasteiger partial charge in [-0.1, -0.05) is 0 Å². The molecule has 0 aliphatic heterocycles. The van der Waals surface area contributed by atoms with E-state index in [9.17, 15) is 13.2 Å². The number of carboxylic acids is 2. The number of benzene rings is 4. The van der Waals surface area contributed by atoms with E-state index in [0.29, 0.717) is 0 Å². The number of nitrogens with zero attached hydrogens (tertiary/aromatic N) is 4. The van der Waals surface area contributed by atoms with Crippen molar-refractivity contribution in [3.63, 3.8) is 0 Å². The average Bonchev–Trinajstić information content (AvgIpc) is 3.67. The number of carbonyl (C=O) groups is 2. The van der Waals surface area contributed by atoms with Crippen LogP contribution in [-0.4, -0.2) is 46.6 Å². The van der Waals surface area contributed by atoms with Crippen molar-refractivity contribution in [3.8, 4) is 22.7 Å². The van der Waals surface area contributed by atoms with Crippen LogP contribution in [0.15, 0.2) is 146 Å². The van der Waals surface area contributed by atoms with Gasteiger partial charge in [-0.2, -0.15) is 13.2 Å². The van der Waals surface area contributed by atoms with Gasteiger partial charge in [0.05, 0.1) is 0 Å². The zero-order valence-corrected chi connectivity index (χ0v) is 25.9. The first-order chi connectivity index (χ1) is 22.1. The standard InChI is InChI=1S/2C15H12N2.C2HF3O2.C2H4O2.Pd/c2*1-3-7-14(8-4-1)16-11-12-17(13-16)15-9-5-2-6-10-15;3-2(4,5)1(6)7;1-2(3)4;/h2*1-12H;(H,6,7);1H3,(H,3,4);. The number of imidazole rings is 2. The van der Waals surface area contributed by atoms with Gasteiger partial charge in [0.25, 0.3) is 5.97 Å². The van der Waals surface area contributed by atoms with Crippen molar-refractivity contribution in [3.05, 3.63) is 154 Å². The van der Waals surface area contributed by atoms with Gasteiger partial charge in [-0.3, -0.25) is 4.79 Å². The summed E-state index contributed by atoms with van der Waals surface area (Å²) >= 11 is 0.102. The van der Waals surface area contributed by atoms with Crippen LogP contribution < -0.4 is 0 Å². The molecule has 0 aliphatic carbocycles. The summed E-state index contributed by atoms with van der Waals surface area (Å²) in [6, 6.07) is 42.3. The van der Waals surface area contributed by atoms with Gasteiger partial charge in [0.15, 0.2) is 0 Å². The van der Waals surface area contributed by atoms with E-state index in [2.05, 4.69) is 164 Å². The summed E-state index contributed by atoms with van der Waals surface area (Å²) in [5.74, 6) is -3.59. The Hall–Kier alpha value is -5.31. The van der Waals surface area contributed by atoms with E-state index in [1.165, 1.54) is 7.78 Å². The molecule has 0 fully saturated rings. The molecular weight excluding hydrogens is 692 g/mol. The van der Waals surface area contributed by atoms with Crippen molar-refractivity contribution in [2.45, 2.75) is 13.1 Å². The summed E-state index contributed by atoms with van der Waals surface area (Å²) in [6.07, 6.45) is 3.58. The molecule has 2 heterocycles. The van der Waals surface area contributed by atoms with E-state index < -0.39 is 18.1 Å². The molecule has 0 atom stereocenters. The first-order valence-electron chi connectivity index (χ1n) is 13.6. The van der Waals surface area contributed by atoms with Crippen LogP contribution in [0.5, 0.6) is 0 Å². The molecular formula is C34H29F3N4O4Pd. The third-order valence-corrected chi connectivity index (χ3v) is 8.18. The molecule has 2 N–H and O–H groups in total. The Kier molecular flexibility index (Phi) is 11.4. The van der Waals surface area contributed by atoms with Crippen LogP contribution in [0, 0.1) is 7.78 Å². The maximum atomic E-state index is 10.6. The zero-order chi connectivity index (χ0) is 33.1. The Balaban J connectivity index is 0.000000378. The third-order valence-electron chi connectivity index (χ3n) is 5.99. The van der Waals surface area contributed by atoms with Crippen LogP contribution in [0.4, 0.5) is 13.2 Å². The average molecular weight is 721 g/mol. The number of aliphatic carboxylic acids is 2. The van der Waals surface area contributed by atoms with Crippen LogP contribution in [0.3, 0.4) is 0 Å². The number of rotatable bonds is 4. The Morgan fingerprint density at radius 2 is 0.717 bits per heavy atom. The van der Waals surface area contributed by atoms with Crippen molar-refractivity contribution in [1.29, 1.82) is 0 Å². The molecule has 6 aromatic rings. The molecule has 46 heavy (non-hydrogen) atoms. The van der Waals surface area contributed by atoms with Gasteiger partial charge in [0.1, 0.15) is 0 Å². The molecule has 0 amide bonds. The fraction of sp³-hybridized carbons (Fsp3) is 0.0588. The van der Waals surface area contributed by atoms with Gasteiger partial charge in [-0.05, 0) is 0 Å². The van der Waals surface area contributed by atoms with E-state index in [1.807, 2.05) is 0 Å². The molecule has 4 aromatic carbocycles. The van der Waals surface area contributed by atoms with Crippen molar-refractivity contribution >= 4 is 11.9 Å². The maximum absolute atomic E-state index is 10.6. The molecule has 0 radical (unpaired) electrons. The van der Waals surface area contributed by atoms with E-state index in [4.69, 9.17) is 19.8 Å². The van der Waals surface area contributed by atoms with Gasteiger partial charge in [0.2, 0.25) is 0 Å². The normalized spacial score (nSPS) is 10.7. The molecule has 0 spiro atoms. The topological polar surface area (TPSA) is 94.3 Å². The van der Waals surface area contributed by atoms with Crippen LogP contribution >= 0.6 is 0 Å². The summed E-state index contributed by atoms with van der Waals surface area (Å²) in [5, 5.41) is 14.5. The predicted molar refractivity (Wildman–Crippen MR) is 164 cm³/mol. The zero-order valence-electron chi connectivity index (χ0n) is 24.3. The molecule has 240 valence electrons. The number of carboxylic acid groups (broad SMARTS) is 2. The van der Waals surface area contributed by atoms with Crippen LogP contribution in [0.2, 0.25) is 0 Å². The summed E-state index contributed by atoms with van der Waals surface area (Å²) in [4.78, 5) is 17.9. The van der Waals surface area contributed by atoms with Crippen molar-refractivity contribution in [2.75, 3.05) is 0 Å². The van der Waals surface area contributed by atoms with E-state index in [0.717, 1.165) is 29.7 Å². The van der Waals surface area contributed by atoms with Crippen LogP contribution in [0.1, 0.15) is 6.92 Å². The van der Waals surface area contributed by atoms with Gasteiger partial charge in [0, 0.05) is 6.92 Å². The summed E-state index contributed by atoms with van der Waals surface area (Å²) in [5.41, 5.74) is 4.61. The molecule has 12 heteroatoms. The second-order valence-electron chi connectivity index (χ2n) is 9.30. The molecule has 8 nitrogen and oxygen atoms in total. The van der Waals surface area contributed by atoms with Crippen molar-refractivity contribution in [1.82, 2.24) is 18.3 Å². The summed E-state index contributed by atoms with van der Waals surface area (Å²) in [6.45, 7) is 1.08. The van der Waals surface area contributed by atoms with E-state index in [-0.39, 0.29) is 17.1 Å². The number of alkyl halides is 3. The van der Waals surface area contributed by atoms with Crippen molar-refractivity contribution in [2.24, 2.45) is 0 Å². The molecule has 0 aliphatic rings. The summed E-state index contributed by atoms with van der Waals surface area (Å²) in [7, 11) is 0. The first-order valence-corrected chi connectivity index (χ1v) is 15.2. The predicted octanol–water partition coefficient (Wildman–Crippen LogP) is 7.42. The fourth-order valence-corrected chi connectivity index (χ4v) is 6.36. The molecule has 0 bridgehead atoms. The molecule has 0 saturated heterocycles. The first kappa shape index (κ1) is 33.6. The number of para-hydroxylation sites is 4. The Labute approximate surface area is 269 Å². The summed E-state index contributed by atoms with van der Waals surface area (Å²) < 4.78 is 43.4. The van der Waals surface area contributed by atoms with Gasteiger partial charge in [-0.25, -0.2) is 4.79 Å². The van der Waals surface area contributed by atoms with Crippen LogP contribution in [0.25, 0.3) is 22.7 Å². The van der Waals surface area contributed by atoms with Gasteiger partial charge < -0.3 is 10.2 Å². The molecule has 0 unspecified atom stereocenters. The second-order valence-corrected chi connectivity index (χ2v) is 11.1. The van der Waals surface area contributed by atoms with Gasteiger partial charge in [-0.15, -0.1) is 0 Å². The second kappa shape index (κ2) is 15.6. The number of aromatic nitrogens is 4. The van der Waals surface area contributed by atoms with Crippen LogP contribution in [-0.2, 0) is 26.7 Å². The van der Waals surface area contributed by atoms with Gasteiger partial charge >= 0.3 is 224 Å². The SMILES string of the molecule is CC(=O)O.O=C(O)C(F)(F)F.c1ccc(-n2ccn(-c3ccccc3)[c]2=[Pd]=[c]2n(-c3ccccc3)ccn2-c2ccccc2)cc1. The molecule has 2 aromatic heterocycles. The molecule has 0 saturated carbocycles. The van der Waals surface area contributed by atoms with E-state index in [1.54, 1.807) is 0 Å². The quantitative estimate of drug-likeness (QED) is 0.186. The Bertz CT molecular complexity index is 1780. The third kappa shape index (κ3) is 8.88. The number of hydrogen-bond donors (Lipinski definition) is 2. The van der Waals surface area contributed by atoms with E-state index >= 15 is 0 Å².